The van der Waals surface area contributed by atoms with Crippen LogP contribution in [0.4, 0.5) is 0 Å². The summed E-state index contributed by atoms with van der Waals surface area (Å²) < 4.78 is 5.20. The molecule has 1 saturated heterocycles. The van der Waals surface area contributed by atoms with E-state index in [0.717, 1.165) is 38.3 Å². The van der Waals surface area contributed by atoms with E-state index in [2.05, 4.69) is 15.3 Å². The van der Waals surface area contributed by atoms with Crippen LogP contribution in [0.5, 0.6) is 0 Å². The van der Waals surface area contributed by atoms with Gasteiger partial charge in [0.05, 0.1) is 11.2 Å². The number of hydrogen-bond acceptors (Lipinski definition) is 5. The third-order valence-electron chi connectivity index (χ3n) is 3.53. The Bertz CT molecular complexity index is 599. The van der Waals surface area contributed by atoms with Crippen LogP contribution >= 0.6 is 22.9 Å². The summed E-state index contributed by atoms with van der Waals surface area (Å²) in [6.45, 7) is 4.10. The van der Waals surface area contributed by atoms with Gasteiger partial charge in [-0.15, -0.1) is 11.3 Å². The molecule has 1 aliphatic rings. The van der Waals surface area contributed by atoms with Crippen LogP contribution in [0.3, 0.4) is 0 Å². The lowest BCUT2D eigenvalue weighted by Gasteiger charge is -2.20. The van der Waals surface area contributed by atoms with Crippen molar-refractivity contribution in [2.75, 3.05) is 26.2 Å². The minimum absolute atomic E-state index is 0.0857. The van der Waals surface area contributed by atoms with Crippen molar-refractivity contribution in [1.82, 2.24) is 14.8 Å². The van der Waals surface area contributed by atoms with Crippen LogP contribution in [0.25, 0.3) is 0 Å². The minimum atomic E-state index is -0.0857. The van der Waals surface area contributed by atoms with E-state index in [1.807, 2.05) is 10.4 Å². The molecule has 3 heterocycles. The first-order chi connectivity index (χ1) is 10.2. The van der Waals surface area contributed by atoms with Gasteiger partial charge in [0.1, 0.15) is 0 Å². The normalized spacial score (nSPS) is 16.9. The second-order valence-electron chi connectivity index (χ2n) is 5.01. The van der Waals surface area contributed by atoms with E-state index in [9.17, 15) is 4.79 Å². The molecular weight excluding hydrogens is 310 g/mol. The fraction of sp³-hybridized carbons (Fsp3) is 0.429. The maximum absolute atomic E-state index is 12.3. The third kappa shape index (κ3) is 3.64. The Hall–Kier alpha value is -1.37. The van der Waals surface area contributed by atoms with Crippen LogP contribution < -0.4 is 0 Å². The largest absolute Gasteiger partial charge is 0.440 e. The minimum Gasteiger partial charge on any atom is -0.440 e. The average molecular weight is 326 g/mol. The zero-order chi connectivity index (χ0) is 14.7. The summed E-state index contributed by atoms with van der Waals surface area (Å²) in [4.78, 5) is 20.8. The predicted molar refractivity (Wildman–Crippen MR) is 81.6 cm³/mol. The number of carbonyl (C=O) groups excluding carboxylic acids is 1. The average Bonchev–Trinajstić information content (AvgIpc) is 3.07. The van der Waals surface area contributed by atoms with Gasteiger partial charge < -0.3 is 9.32 Å². The van der Waals surface area contributed by atoms with Gasteiger partial charge in [0, 0.05) is 38.1 Å². The number of nitrogens with zero attached hydrogens (tertiary/aromatic N) is 3. The second-order valence-corrected chi connectivity index (χ2v) is 6.10. The number of aromatic nitrogens is 1. The highest BCUT2D eigenvalue weighted by Gasteiger charge is 2.22. The van der Waals surface area contributed by atoms with Gasteiger partial charge in [0.25, 0.3) is 5.91 Å². The van der Waals surface area contributed by atoms with Crippen molar-refractivity contribution in [2.24, 2.45) is 0 Å². The number of amides is 1. The summed E-state index contributed by atoms with van der Waals surface area (Å²) >= 11 is 7.34. The molecule has 2 aromatic rings. The van der Waals surface area contributed by atoms with Crippen LogP contribution in [-0.4, -0.2) is 46.9 Å². The first kappa shape index (κ1) is 14.6. The molecule has 1 amide bonds. The number of hydrogen-bond donors (Lipinski definition) is 0. The van der Waals surface area contributed by atoms with Gasteiger partial charge in [0.15, 0.2) is 11.0 Å². The van der Waals surface area contributed by atoms with E-state index in [0.29, 0.717) is 12.3 Å². The molecule has 0 spiro atoms. The van der Waals surface area contributed by atoms with Crippen molar-refractivity contribution in [1.29, 1.82) is 0 Å². The van der Waals surface area contributed by atoms with Crippen LogP contribution in [-0.2, 0) is 6.54 Å². The summed E-state index contributed by atoms with van der Waals surface area (Å²) in [5, 5.41) is 2.32. The Morgan fingerprint density at radius 2 is 2.24 bits per heavy atom. The lowest BCUT2D eigenvalue weighted by Crippen LogP contribution is -2.34. The summed E-state index contributed by atoms with van der Waals surface area (Å²) in [7, 11) is 0. The maximum Gasteiger partial charge on any atom is 0.289 e. The summed E-state index contributed by atoms with van der Waals surface area (Å²) in [6.07, 6.45) is 0.949. The van der Waals surface area contributed by atoms with E-state index in [4.69, 9.17) is 16.0 Å². The number of furan rings is 1. The van der Waals surface area contributed by atoms with E-state index < -0.39 is 0 Å². The number of carbonyl (C=O) groups is 1. The Labute approximate surface area is 132 Å². The smallest absolute Gasteiger partial charge is 0.289 e. The van der Waals surface area contributed by atoms with Crippen LogP contribution in [0.1, 0.15) is 22.7 Å². The zero-order valence-electron chi connectivity index (χ0n) is 11.5. The van der Waals surface area contributed by atoms with Crippen LogP contribution in [0.2, 0.25) is 5.22 Å². The first-order valence-corrected chi connectivity index (χ1v) is 8.18. The standard InChI is InChI=1S/C14H16ClN3O2S/c15-13-3-2-12(20-13)14(19)18-5-1-4-17(6-7-18)8-11-9-21-10-16-11/h2-3,9-10H,1,4-8H2. The monoisotopic (exact) mass is 325 g/mol. The van der Waals surface area contributed by atoms with Crippen molar-refractivity contribution in [2.45, 2.75) is 13.0 Å². The fourth-order valence-corrected chi connectivity index (χ4v) is 3.16. The van der Waals surface area contributed by atoms with Crippen molar-refractivity contribution in [3.8, 4) is 0 Å². The van der Waals surface area contributed by atoms with Gasteiger partial charge in [-0.2, -0.15) is 0 Å². The van der Waals surface area contributed by atoms with Crippen molar-refractivity contribution < 1.29 is 9.21 Å². The summed E-state index contributed by atoms with van der Waals surface area (Å²) in [6, 6.07) is 3.23. The Morgan fingerprint density at radius 3 is 2.95 bits per heavy atom. The molecule has 1 fully saturated rings. The molecule has 1 aliphatic heterocycles. The van der Waals surface area contributed by atoms with Crippen LogP contribution in [0.15, 0.2) is 27.4 Å². The molecule has 5 nitrogen and oxygen atoms in total. The summed E-state index contributed by atoms with van der Waals surface area (Å²) in [5.74, 6) is 0.227. The first-order valence-electron chi connectivity index (χ1n) is 6.86. The molecule has 0 atom stereocenters. The molecule has 21 heavy (non-hydrogen) atoms. The summed E-state index contributed by atoms with van der Waals surface area (Å²) in [5.41, 5.74) is 2.95. The second kappa shape index (κ2) is 6.60. The zero-order valence-corrected chi connectivity index (χ0v) is 13.1. The van der Waals surface area contributed by atoms with Gasteiger partial charge in [-0.25, -0.2) is 4.98 Å². The van der Waals surface area contributed by atoms with E-state index >= 15 is 0 Å². The van der Waals surface area contributed by atoms with Crippen molar-refractivity contribution >= 4 is 28.8 Å². The van der Waals surface area contributed by atoms with Crippen LogP contribution in [0, 0.1) is 0 Å². The molecule has 0 unspecified atom stereocenters. The predicted octanol–water partition coefficient (Wildman–Crippen LogP) is 2.74. The van der Waals surface area contributed by atoms with Gasteiger partial charge in [-0.3, -0.25) is 9.69 Å². The molecule has 0 radical (unpaired) electrons. The quantitative estimate of drug-likeness (QED) is 0.870. The van der Waals surface area contributed by atoms with Gasteiger partial charge in [0.2, 0.25) is 0 Å². The number of thiazole rings is 1. The topological polar surface area (TPSA) is 49.6 Å². The molecular formula is C14H16ClN3O2S. The molecule has 2 aromatic heterocycles. The number of halogens is 1. The van der Waals surface area contributed by atoms with Gasteiger partial charge in [-0.1, -0.05) is 0 Å². The molecule has 3 rings (SSSR count). The molecule has 0 saturated carbocycles. The fourth-order valence-electron chi connectivity index (χ4n) is 2.46. The molecule has 0 aromatic carbocycles. The van der Waals surface area contributed by atoms with Crippen molar-refractivity contribution in [3.63, 3.8) is 0 Å². The van der Waals surface area contributed by atoms with E-state index in [1.54, 1.807) is 23.5 Å². The Morgan fingerprint density at radius 1 is 1.33 bits per heavy atom. The molecule has 0 bridgehead atoms. The highest BCUT2D eigenvalue weighted by molar-refractivity contribution is 7.07. The Kier molecular flexibility index (Phi) is 4.57. The maximum atomic E-state index is 12.3. The molecule has 0 N–H and O–H groups in total. The van der Waals surface area contributed by atoms with E-state index in [1.165, 1.54) is 0 Å². The highest BCUT2D eigenvalue weighted by Crippen LogP contribution is 2.16. The van der Waals surface area contributed by atoms with E-state index in [-0.39, 0.29) is 11.1 Å². The SMILES string of the molecule is O=C(c1ccc(Cl)o1)N1CCCN(Cc2cscn2)CC1. The molecule has 0 aliphatic carbocycles. The molecule has 7 heteroatoms. The third-order valence-corrected chi connectivity index (χ3v) is 4.37. The molecule has 112 valence electrons. The Balaban J connectivity index is 1.59. The van der Waals surface area contributed by atoms with Gasteiger partial charge in [-0.05, 0) is 30.2 Å². The van der Waals surface area contributed by atoms with Gasteiger partial charge >= 0.3 is 0 Å². The number of rotatable bonds is 3. The lowest BCUT2D eigenvalue weighted by atomic mass is 10.3. The lowest BCUT2D eigenvalue weighted by molar-refractivity contribution is 0.0729. The van der Waals surface area contributed by atoms with Crippen molar-refractivity contribution in [3.05, 3.63) is 39.7 Å². The highest BCUT2D eigenvalue weighted by atomic mass is 35.5.